The maximum absolute atomic E-state index is 11.7. The number of Topliss-reactive ketones (excluding diaryl/α,β-unsaturated/α-hetero) is 2. The Morgan fingerprint density at radius 3 is 2.47 bits per heavy atom. The Morgan fingerprint density at radius 1 is 1.20 bits per heavy atom. The van der Waals surface area contributed by atoms with Crippen LogP contribution in [0.2, 0.25) is 0 Å². The molecule has 0 saturated carbocycles. The second-order valence-corrected chi connectivity index (χ2v) is 3.50. The van der Waals surface area contributed by atoms with Gasteiger partial charge in [-0.15, -0.1) is 0 Å². The van der Waals surface area contributed by atoms with Gasteiger partial charge in [-0.05, 0) is 23.1 Å². The van der Waals surface area contributed by atoms with Crippen molar-refractivity contribution in [3.8, 4) is 0 Å². The predicted molar refractivity (Wildman–Crippen MR) is 58.1 cm³/mol. The molecular weight excluding hydrogens is 212 g/mol. The van der Waals surface area contributed by atoms with Crippen molar-refractivity contribution in [3.63, 3.8) is 0 Å². The summed E-state index contributed by atoms with van der Waals surface area (Å²) in [6.45, 7) is -0.144. The minimum absolute atomic E-state index is 0.0865. The van der Waals surface area contributed by atoms with E-state index in [0.29, 0.717) is 16.7 Å². The second-order valence-electron chi connectivity index (χ2n) is 3.24. The zero-order chi connectivity index (χ0) is 11.0. The fourth-order valence-electron chi connectivity index (χ4n) is 1.59. The quantitative estimate of drug-likeness (QED) is 0.427. The summed E-state index contributed by atoms with van der Waals surface area (Å²) in [6.07, 6.45) is 0. The standard InChI is InChI=1S/C11H8O3S/c12-4-6-1-2-7-8(3-6)11(14)9(5-15)10(7)13/h1-3,5,12,15H,4H2/b9-5-. The molecule has 4 heteroatoms. The van der Waals surface area contributed by atoms with Crippen LogP contribution in [0.15, 0.2) is 29.2 Å². The molecule has 1 N–H and O–H groups in total. The summed E-state index contributed by atoms with van der Waals surface area (Å²) in [7, 11) is 0. The van der Waals surface area contributed by atoms with Gasteiger partial charge in [0, 0.05) is 11.1 Å². The molecule has 76 valence electrons. The van der Waals surface area contributed by atoms with Gasteiger partial charge in [-0.2, -0.15) is 12.6 Å². The van der Waals surface area contributed by atoms with E-state index in [2.05, 4.69) is 12.6 Å². The fraction of sp³-hybridized carbons (Fsp3) is 0.0909. The molecule has 0 unspecified atom stereocenters. The van der Waals surface area contributed by atoms with Crippen LogP contribution in [0.3, 0.4) is 0 Å². The lowest BCUT2D eigenvalue weighted by molar-refractivity contribution is 0.0989. The van der Waals surface area contributed by atoms with Crippen molar-refractivity contribution < 1.29 is 14.7 Å². The summed E-state index contributed by atoms with van der Waals surface area (Å²) in [4.78, 5) is 23.3. The van der Waals surface area contributed by atoms with Crippen molar-refractivity contribution in [2.45, 2.75) is 6.61 Å². The minimum Gasteiger partial charge on any atom is -0.392 e. The van der Waals surface area contributed by atoms with Crippen LogP contribution in [0.5, 0.6) is 0 Å². The molecule has 3 nitrogen and oxygen atoms in total. The van der Waals surface area contributed by atoms with Crippen molar-refractivity contribution in [1.82, 2.24) is 0 Å². The van der Waals surface area contributed by atoms with Crippen LogP contribution >= 0.6 is 12.6 Å². The topological polar surface area (TPSA) is 54.4 Å². The van der Waals surface area contributed by atoms with Crippen LogP contribution in [0, 0.1) is 0 Å². The molecule has 1 aliphatic rings. The maximum atomic E-state index is 11.7. The lowest BCUT2D eigenvalue weighted by Gasteiger charge is -1.98. The van der Waals surface area contributed by atoms with E-state index in [-0.39, 0.29) is 23.7 Å². The van der Waals surface area contributed by atoms with E-state index in [1.165, 1.54) is 5.41 Å². The van der Waals surface area contributed by atoms with Crippen LogP contribution in [0.1, 0.15) is 26.3 Å². The van der Waals surface area contributed by atoms with Gasteiger partial charge in [-0.3, -0.25) is 9.59 Å². The normalized spacial score (nSPS) is 17.3. The predicted octanol–water partition coefficient (Wildman–Crippen LogP) is 1.37. The van der Waals surface area contributed by atoms with Crippen LogP contribution < -0.4 is 0 Å². The molecule has 2 rings (SSSR count). The zero-order valence-electron chi connectivity index (χ0n) is 7.73. The second kappa shape index (κ2) is 3.64. The Labute approximate surface area is 91.8 Å². The van der Waals surface area contributed by atoms with Gasteiger partial charge in [-0.25, -0.2) is 0 Å². The van der Waals surface area contributed by atoms with E-state index in [1.54, 1.807) is 18.2 Å². The highest BCUT2D eigenvalue weighted by Gasteiger charge is 2.32. The molecular formula is C11H8O3S. The summed E-state index contributed by atoms with van der Waals surface area (Å²) in [5.41, 5.74) is 1.45. The number of aliphatic hydroxyl groups is 1. The number of allylic oxidation sites excluding steroid dienone is 1. The van der Waals surface area contributed by atoms with Crippen molar-refractivity contribution in [1.29, 1.82) is 0 Å². The molecule has 0 saturated heterocycles. The third-order valence-corrected chi connectivity index (χ3v) is 2.63. The first kappa shape index (κ1) is 10.1. The summed E-state index contributed by atoms with van der Waals surface area (Å²) >= 11 is 3.83. The average Bonchev–Trinajstić information content (AvgIpc) is 2.51. The SMILES string of the molecule is O=C1/C(=C/S)C(=O)c2cc(CO)ccc21. The first-order valence-corrected chi connectivity index (χ1v) is 4.88. The highest BCUT2D eigenvalue weighted by atomic mass is 32.1. The van der Waals surface area contributed by atoms with Gasteiger partial charge in [0.2, 0.25) is 0 Å². The number of carbonyl (C=O) groups is 2. The zero-order valence-corrected chi connectivity index (χ0v) is 8.62. The largest absolute Gasteiger partial charge is 0.392 e. The Balaban J connectivity index is 2.63. The average molecular weight is 220 g/mol. The molecule has 0 amide bonds. The summed E-state index contributed by atoms with van der Waals surface area (Å²) in [5, 5.41) is 10.1. The number of fused-ring (bicyclic) bond motifs is 1. The van der Waals surface area contributed by atoms with Gasteiger partial charge in [-0.1, -0.05) is 6.07 Å². The molecule has 0 radical (unpaired) electrons. The molecule has 1 aromatic carbocycles. The molecule has 0 aromatic heterocycles. The minimum atomic E-state index is -0.319. The van der Waals surface area contributed by atoms with Gasteiger partial charge in [0.15, 0.2) is 11.6 Å². The maximum Gasteiger partial charge on any atom is 0.198 e. The van der Waals surface area contributed by atoms with Gasteiger partial charge in [0.25, 0.3) is 0 Å². The number of aliphatic hydroxyl groups excluding tert-OH is 1. The van der Waals surface area contributed by atoms with Crippen molar-refractivity contribution >= 4 is 24.2 Å². The molecule has 1 aliphatic carbocycles. The fourth-order valence-corrected chi connectivity index (χ4v) is 1.82. The van der Waals surface area contributed by atoms with E-state index in [0.717, 1.165) is 0 Å². The molecule has 15 heavy (non-hydrogen) atoms. The highest BCUT2D eigenvalue weighted by Crippen LogP contribution is 2.27. The number of ketones is 2. The lowest BCUT2D eigenvalue weighted by atomic mass is 10.1. The number of hydrogen-bond acceptors (Lipinski definition) is 4. The first-order chi connectivity index (χ1) is 7.19. The van der Waals surface area contributed by atoms with Crippen LogP contribution in [-0.4, -0.2) is 16.7 Å². The van der Waals surface area contributed by atoms with Gasteiger partial charge in [0.05, 0.1) is 12.2 Å². The Hall–Kier alpha value is -1.39. The summed E-state index contributed by atoms with van der Waals surface area (Å²) in [5.74, 6) is -0.616. The number of rotatable bonds is 1. The molecule has 0 atom stereocenters. The Morgan fingerprint density at radius 2 is 1.87 bits per heavy atom. The molecule has 0 bridgehead atoms. The molecule has 0 heterocycles. The first-order valence-electron chi connectivity index (χ1n) is 4.36. The third kappa shape index (κ3) is 1.42. The number of carbonyl (C=O) groups excluding carboxylic acids is 2. The monoisotopic (exact) mass is 220 g/mol. The van der Waals surface area contributed by atoms with Crippen LogP contribution in [-0.2, 0) is 6.61 Å². The van der Waals surface area contributed by atoms with Crippen LogP contribution in [0.25, 0.3) is 0 Å². The number of hydrogen-bond donors (Lipinski definition) is 2. The van der Waals surface area contributed by atoms with E-state index in [4.69, 9.17) is 5.11 Å². The third-order valence-electron chi connectivity index (χ3n) is 2.37. The summed E-state index contributed by atoms with van der Waals surface area (Å²) in [6, 6.07) is 4.73. The summed E-state index contributed by atoms with van der Waals surface area (Å²) < 4.78 is 0. The van der Waals surface area contributed by atoms with E-state index in [1.807, 2.05) is 0 Å². The van der Waals surface area contributed by atoms with Crippen molar-refractivity contribution in [2.75, 3.05) is 0 Å². The van der Waals surface area contributed by atoms with Crippen molar-refractivity contribution in [3.05, 3.63) is 45.9 Å². The Kier molecular flexibility index (Phi) is 2.46. The number of benzene rings is 1. The lowest BCUT2D eigenvalue weighted by Crippen LogP contribution is -1.98. The number of thiol groups is 1. The Bertz CT molecular complexity index is 489. The van der Waals surface area contributed by atoms with Crippen LogP contribution in [0.4, 0.5) is 0 Å². The molecule has 0 spiro atoms. The van der Waals surface area contributed by atoms with E-state index < -0.39 is 0 Å². The molecule has 1 aromatic rings. The van der Waals surface area contributed by atoms with Gasteiger partial charge in [0.1, 0.15) is 0 Å². The van der Waals surface area contributed by atoms with E-state index >= 15 is 0 Å². The molecule has 0 aliphatic heterocycles. The van der Waals surface area contributed by atoms with E-state index in [9.17, 15) is 9.59 Å². The van der Waals surface area contributed by atoms with Crippen molar-refractivity contribution in [2.24, 2.45) is 0 Å². The van der Waals surface area contributed by atoms with Gasteiger partial charge >= 0.3 is 0 Å². The highest BCUT2D eigenvalue weighted by molar-refractivity contribution is 7.83. The van der Waals surface area contributed by atoms with Gasteiger partial charge < -0.3 is 5.11 Å². The smallest absolute Gasteiger partial charge is 0.198 e. The molecule has 0 fully saturated rings.